The Hall–Kier alpha value is -2.48. The first-order chi connectivity index (χ1) is 12.0. The Labute approximate surface area is 150 Å². The monoisotopic (exact) mass is 360 g/mol. The molecule has 1 fully saturated rings. The molecule has 0 bridgehead atoms. The summed E-state index contributed by atoms with van der Waals surface area (Å²) in [6.45, 7) is 5.30. The quantitative estimate of drug-likeness (QED) is 0.774. The van der Waals surface area contributed by atoms with E-state index in [4.69, 9.17) is 4.74 Å². The molecule has 1 aliphatic rings. The minimum absolute atomic E-state index is 0.164. The maximum atomic E-state index is 12.3. The Kier molecular flexibility index (Phi) is 5.28. The number of ether oxygens (including phenoxy) is 1. The summed E-state index contributed by atoms with van der Waals surface area (Å²) in [4.78, 5) is 37.2. The first-order valence-electron chi connectivity index (χ1n) is 8.12. The molecule has 2 aromatic rings. The van der Waals surface area contributed by atoms with E-state index in [9.17, 15) is 9.59 Å². The first-order valence-corrected chi connectivity index (χ1v) is 9.00. The summed E-state index contributed by atoms with van der Waals surface area (Å²) in [5, 5.41) is 2.02. The van der Waals surface area contributed by atoms with Crippen LogP contribution >= 0.6 is 11.3 Å². The van der Waals surface area contributed by atoms with Crippen molar-refractivity contribution in [2.75, 3.05) is 31.1 Å². The van der Waals surface area contributed by atoms with Crippen LogP contribution in [0.25, 0.3) is 10.6 Å². The van der Waals surface area contributed by atoms with Crippen LogP contribution in [-0.4, -0.2) is 59.0 Å². The number of carbonyl (C=O) groups excluding carboxylic acids is 2. The summed E-state index contributed by atoms with van der Waals surface area (Å²) in [6.07, 6.45) is 1.01. The van der Waals surface area contributed by atoms with Crippen LogP contribution in [0.5, 0.6) is 0 Å². The highest BCUT2D eigenvalue weighted by Crippen LogP contribution is 2.24. The van der Waals surface area contributed by atoms with Gasteiger partial charge in [-0.15, -0.1) is 11.3 Å². The number of carbonyl (C=O) groups is 2. The number of amides is 1. The predicted octanol–water partition coefficient (Wildman–Crippen LogP) is 1.81. The van der Waals surface area contributed by atoms with E-state index in [0.29, 0.717) is 32.1 Å². The number of piperazine rings is 1. The van der Waals surface area contributed by atoms with Crippen molar-refractivity contribution >= 4 is 29.2 Å². The summed E-state index contributed by atoms with van der Waals surface area (Å²) < 4.78 is 4.97. The van der Waals surface area contributed by atoms with E-state index in [1.54, 1.807) is 29.4 Å². The standard InChI is InChI=1S/C17H20N4O3S/c1-12(24-13(2)22)16(23)20-7-9-21(10-8-20)17-18-6-5-14(19-17)15-4-3-11-25-15/h3-6,11-12H,7-10H2,1-2H3/t12-/m0/s1. The maximum absolute atomic E-state index is 12.3. The number of hydrogen-bond donors (Lipinski definition) is 0. The lowest BCUT2D eigenvalue weighted by Crippen LogP contribution is -2.52. The van der Waals surface area contributed by atoms with Gasteiger partial charge in [-0.1, -0.05) is 6.07 Å². The number of nitrogens with zero attached hydrogens (tertiary/aromatic N) is 4. The van der Waals surface area contributed by atoms with Crippen LogP contribution in [0.3, 0.4) is 0 Å². The van der Waals surface area contributed by atoms with E-state index in [2.05, 4.69) is 14.9 Å². The van der Waals surface area contributed by atoms with Crippen LogP contribution in [-0.2, 0) is 14.3 Å². The van der Waals surface area contributed by atoms with Crippen molar-refractivity contribution in [3.05, 3.63) is 29.8 Å². The molecule has 0 unspecified atom stereocenters. The van der Waals surface area contributed by atoms with Crippen LogP contribution < -0.4 is 4.90 Å². The predicted molar refractivity (Wildman–Crippen MR) is 95.4 cm³/mol. The second-order valence-electron chi connectivity index (χ2n) is 5.78. The van der Waals surface area contributed by atoms with Gasteiger partial charge in [0.1, 0.15) is 0 Å². The van der Waals surface area contributed by atoms with E-state index in [1.165, 1.54) is 6.92 Å². The lowest BCUT2D eigenvalue weighted by atomic mass is 10.2. The molecule has 25 heavy (non-hydrogen) atoms. The van der Waals surface area contributed by atoms with Gasteiger partial charge in [0, 0.05) is 39.3 Å². The van der Waals surface area contributed by atoms with Gasteiger partial charge in [0.15, 0.2) is 6.10 Å². The van der Waals surface area contributed by atoms with Crippen molar-refractivity contribution in [1.29, 1.82) is 0 Å². The molecular weight excluding hydrogens is 340 g/mol. The van der Waals surface area contributed by atoms with Gasteiger partial charge >= 0.3 is 5.97 Å². The van der Waals surface area contributed by atoms with Crippen molar-refractivity contribution in [2.24, 2.45) is 0 Å². The van der Waals surface area contributed by atoms with Crippen LogP contribution in [0.1, 0.15) is 13.8 Å². The number of anilines is 1. The van der Waals surface area contributed by atoms with E-state index in [-0.39, 0.29) is 5.91 Å². The second-order valence-corrected chi connectivity index (χ2v) is 6.73. The Bertz CT molecular complexity index is 742. The Morgan fingerprint density at radius 1 is 1.24 bits per heavy atom. The third kappa shape index (κ3) is 4.14. The first kappa shape index (κ1) is 17.3. The molecule has 1 aliphatic heterocycles. The van der Waals surface area contributed by atoms with Crippen molar-refractivity contribution in [3.8, 4) is 10.6 Å². The Balaban J connectivity index is 1.62. The van der Waals surface area contributed by atoms with Gasteiger partial charge in [0.2, 0.25) is 5.95 Å². The lowest BCUT2D eigenvalue weighted by Gasteiger charge is -2.35. The molecule has 1 atom stereocenters. The fourth-order valence-corrected chi connectivity index (χ4v) is 3.44. The smallest absolute Gasteiger partial charge is 0.303 e. The summed E-state index contributed by atoms with van der Waals surface area (Å²) in [5.41, 5.74) is 0.905. The molecule has 8 heteroatoms. The van der Waals surface area contributed by atoms with E-state index in [1.807, 2.05) is 23.6 Å². The molecule has 1 amide bonds. The number of hydrogen-bond acceptors (Lipinski definition) is 7. The summed E-state index contributed by atoms with van der Waals surface area (Å²) in [6, 6.07) is 5.93. The molecule has 0 aromatic carbocycles. The minimum atomic E-state index is -0.748. The van der Waals surface area contributed by atoms with Gasteiger partial charge in [0.05, 0.1) is 10.6 Å². The largest absolute Gasteiger partial charge is 0.453 e. The second kappa shape index (κ2) is 7.60. The fourth-order valence-electron chi connectivity index (χ4n) is 2.75. The highest BCUT2D eigenvalue weighted by atomic mass is 32.1. The average molecular weight is 360 g/mol. The molecule has 0 N–H and O–H groups in total. The molecule has 3 heterocycles. The van der Waals surface area contributed by atoms with Gasteiger partial charge in [-0.3, -0.25) is 9.59 Å². The van der Waals surface area contributed by atoms with Gasteiger partial charge in [-0.05, 0) is 24.4 Å². The summed E-state index contributed by atoms with van der Waals surface area (Å²) in [5.74, 6) is 0.0624. The van der Waals surface area contributed by atoms with Gasteiger partial charge in [-0.2, -0.15) is 0 Å². The van der Waals surface area contributed by atoms with Crippen LogP contribution in [0.4, 0.5) is 5.95 Å². The van der Waals surface area contributed by atoms with Gasteiger partial charge < -0.3 is 14.5 Å². The topological polar surface area (TPSA) is 75.6 Å². The molecule has 3 rings (SSSR count). The highest BCUT2D eigenvalue weighted by molar-refractivity contribution is 7.13. The summed E-state index contributed by atoms with van der Waals surface area (Å²) >= 11 is 1.64. The van der Waals surface area contributed by atoms with Crippen LogP contribution in [0.2, 0.25) is 0 Å². The zero-order chi connectivity index (χ0) is 17.8. The summed E-state index contributed by atoms with van der Waals surface area (Å²) in [7, 11) is 0. The molecule has 2 aromatic heterocycles. The molecule has 0 spiro atoms. The highest BCUT2D eigenvalue weighted by Gasteiger charge is 2.27. The maximum Gasteiger partial charge on any atom is 0.303 e. The molecule has 0 saturated carbocycles. The van der Waals surface area contributed by atoms with E-state index >= 15 is 0 Å². The molecule has 0 aliphatic carbocycles. The molecule has 132 valence electrons. The number of thiophene rings is 1. The van der Waals surface area contributed by atoms with Crippen LogP contribution in [0, 0.1) is 0 Å². The van der Waals surface area contributed by atoms with Crippen molar-refractivity contribution in [2.45, 2.75) is 20.0 Å². The van der Waals surface area contributed by atoms with E-state index in [0.717, 1.165) is 10.6 Å². The average Bonchev–Trinajstić information content (AvgIpc) is 3.15. The lowest BCUT2D eigenvalue weighted by molar-refractivity contribution is -0.157. The third-order valence-electron chi connectivity index (χ3n) is 3.98. The SMILES string of the molecule is CC(=O)O[C@@H](C)C(=O)N1CCN(c2nccc(-c3cccs3)n2)CC1. The van der Waals surface area contributed by atoms with Crippen LogP contribution in [0.15, 0.2) is 29.8 Å². The Morgan fingerprint density at radius 2 is 2.00 bits per heavy atom. The third-order valence-corrected chi connectivity index (χ3v) is 4.87. The van der Waals surface area contributed by atoms with Crippen molar-refractivity contribution in [1.82, 2.24) is 14.9 Å². The van der Waals surface area contributed by atoms with Crippen molar-refractivity contribution in [3.63, 3.8) is 0 Å². The van der Waals surface area contributed by atoms with Crippen molar-refractivity contribution < 1.29 is 14.3 Å². The van der Waals surface area contributed by atoms with Gasteiger partial charge in [0.25, 0.3) is 5.91 Å². The fraction of sp³-hybridized carbons (Fsp3) is 0.412. The zero-order valence-corrected chi connectivity index (χ0v) is 15.0. The molecule has 1 saturated heterocycles. The minimum Gasteiger partial charge on any atom is -0.453 e. The molecular formula is C17H20N4O3S. The zero-order valence-electron chi connectivity index (χ0n) is 14.2. The number of esters is 1. The number of rotatable bonds is 4. The van der Waals surface area contributed by atoms with Gasteiger partial charge in [-0.25, -0.2) is 9.97 Å². The normalized spacial score (nSPS) is 15.8. The Morgan fingerprint density at radius 3 is 2.64 bits per heavy atom. The number of aromatic nitrogens is 2. The molecule has 0 radical (unpaired) electrons. The van der Waals surface area contributed by atoms with E-state index < -0.39 is 12.1 Å². The molecule has 7 nitrogen and oxygen atoms in total.